The van der Waals surface area contributed by atoms with E-state index in [4.69, 9.17) is 0 Å². The van der Waals surface area contributed by atoms with Crippen LogP contribution in [0.4, 0.5) is 0 Å². The van der Waals surface area contributed by atoms with E-state index >= 15 is 0 Å². The Labute approximate surface area is 89.5 Å². The zero-order chi connectivity index (χ0) is 10.9. The molecule has 0 amide bonds. The molecule has 0 aliphatic heterocycles. The van der Waals surface area contributed by atoms with Gasteiger partial charge in [0.05, 0.1) is 6.04 Å². The van der Waals surface area contributed by atoms with Crippen LogP contribution in [-0.2, 0) is 4.79 Å². The monoisotopic (exact) mass is 201 g/mol. The quantitative estimate of drug-likeness (QED) is 0.744. The molecule has 0 radical (unpaired) electrons. The van der Waals surface area contributed by atoms with Crippen LogP contribution in [0.3, 0.4) is 0 Å². The molecule has 14 heavy (non-hydrogen) atoms. The molecule has 2 heteroatoms. The van der Waals surface area contributed by atoms with Gasteiger partial charge in [0.15, 0.2) is 5.78 Å². The SMILES string of the molecule is C.CC(NC(C)(C)C)C(=O)C(C)(C)C. The van der Waals surface area contributed by atoms with E-state index in [2.05, 4.69) is 26.1 Å². The number of nitrogens with one attached hydrogen (secondary N) is 1. The predicted octanol–water partition coefficient (Wildman–Crippen LogP) is 3.01. The first-order valence-electron chi connectivity index (χ1n) is 4.86. The zero-order valence-corrected chi connectivity index (χ0v) is 9.99. The molecule has 0 aromatic heterocycles. The van der Waals surface area contributed by atoms with Crippen molar-refractivity contribution in [2.45, 2.75) is 67.5 Å². The second-order valence-corrected chi connectivity index (χ2v) is 5.73. The molecule has 1 N–H and O–H groups in total. The first-order valence-corrected chi connectivity index (χ1v) is 4.86. The number of Topliss-reactive ketones (excluding diaryl/α,β-unsaturated/α-hetero) is 1. The lowest BCUT2D eigenvalue weighted by atomic mass is 9.86. The molecule has 0 aliphatic carbocycles. The van der Waals surface area contributed by atoms with Gasteiger partial charge in [-0.15, -0.1) is 0 Å². The third-order valence-electron chi connectivity index (χ3n) is 1.78. The fraction of sp³-hybridized carbons (Fsp3) is 0.917. The van der Waals surface area contributed by atoms with Gasteiger partial charge in [-0.1, -0.05) is 28.2 Å². The summed E-state index contributed by atoms with van der Waals surface area (Å²) in [7, 11) is 0. The molecule has 1 unspecified atom stereocenters. The highest BCUT2D eigenvalue weighted by Gasteiger charge is 2.28. The number of carbonyl (C=O) groups is 1. The minimum Gasteiger partial charge on any atom is -0.303 e. The lowest BCUT2D eigenvalue weighted by Crippen LogP contribution is -2.49. The average molecular weight is 201 g/mol. The highest BCUT2D eigenvalue weighted by molar-refractivity contribution is 5.88. The lowest BCUT2D eigenvalue weighted by Gasteiger charge is -2.29. The molecule has 2 nitrogen and oxygen atoms in total. The molecule has 86 valence electrons. The Bertz CT molecular complexity index is 183. The Hall–Kier alpha value is -0.370. The van der Waals surface area contributed by atoms with Crippen LogP contribution in [0, 0.1) is 5.41 Å². The van der Waals surface area contributed by atoms with E-state index in [9.17, 15) is 4.79 Å². The fourth-order valence-electron chi connectivity index (χ4n) is 1.36. The average Bonchev–Trinajstić information content (AvgIpc) is 1.79. The summed E-state index contributed by atoms with van der Waals surface area (Å²) in [5.74, 6) is 0.266. The first kappa shape index (κ1) is 16.1. The first-order chi connectivity index (χ1) is 5.54. The van der Waals surface area contributed by atoms with Crippen LogP contribution in [0.1, 0.15) is 55.9 Å². The maximum Gasteiger partial charge on any atom is 0.154 e. The molecule has 0 saturated heterocycles. The highest BCUT2D eigenvalue weighted by atomic mass is 16.1. The Balaban J connectivity index is 0. The van der Waals surface area contributed by atoms with E-state index in [0.717, 1.165) is 0 Å². The van der Waals surface area contributed by atoms with Gasteiger partial charge in [0.2, 0.25) is 0 Å². The Kier molecular flexibility index (Phi) is 5.65. The molecule has 0 aromatic carbocycles. The number of ketones is 1. The van der Waals surface area contributed by atoms with Gasteiger partial charge in [0.1, 0.15) is 0 Å². The summed E-state index contributed by atoms with van der Waals surface area (Å²) >= 11 is 0. The molecule has 1 atom stereocenters. The van der Waals surface area contributed by atoms with Crippen LogP contribution in [0.25, 0.3) is 0 Å². The van der Waals surface area contributed by atoms with Crippen LogP contribution in [0.5, 0.6) is 0 Å². The summed E-state index contributed by atoms with van der Waals surface area (Å²) in [6.07, 6.45) is 0. The largest absolute Gasteiger partial charge is 0.303 e. The van der Waals surface area contributed by atoms with Crippen molar-refractivity contribution >= 4 is 5.78 Å². The molecule has 0 heterocycles. The molecule has 0 saturated carbocycles. The third-order valence-corrected chi connectivity index (χ3v) is 1.78. The van der Waals surface area contributed by atoms with Crippen molar-refractivity contribution in [3.63, 3.8) is 0 Å². The van der Waals surface area contributed by atoms with Gasteiger partial charge in [-0.25, -0.2) is 0 Å². The van der Waals surface area contributed by atoms with Crippen molar-refractivity contribution in [1.29, 1.82) is 0 Å². The molecule has 0 rings (SSSR count). The van der Waals surface area contributed by atoms with Crippen molar-refractivity contribution < 1.29 is 4.79 Å². The second kappa shape index (κ2) is 4.92. The van der Waals surface area contributed by atoms with Crippen molar-refractivity contribution in [1.82, 2.24) is 5.32 Å². The molecule has 0 fully saturated rings. The Morgan fingerprint density at radius 1 is 1.07 bits per heavy atom. The third kappa shape index (κ3) is 6.14. The van der Waals surface area contributed by atoms with Gasteiger partial charge in [-0.2, -0.15) is 0 Å². The van der Waals surface area contributed by atoms with Gasteiger partial charge >= 0.3 is 0 Å². The molecule has 0 aliphatic rings. The number of hydrogen-bond acceptors (Lipinski definition) is 2. The predicted molar refractivity (Wildman–Crippen MR) is 63.5 cm³/mol. The van der Waals surface area contributed by atoms with Crippen LogP contribution in [0.15, 0.2) is 0 Å². The zero-order valence-electron chi connectivity index (χ0n) is 9.99. The standard InChI is InChI=1S/C11H23NO.CH4/c1-8(12-11(5,6)7)9(13)10(2,3)4;/h8,12H,1-7H3;1H4. The van der Waals surface area contributed by atoms with E-state index in [1.165, 1.54) is 0 Å². The van der Waals surface area contributed by atoms with Crippen LogP contribution < -0.4 is 5.32 Å². The molecular formula is C12H27NO. The van der Waals surface area contributed by atoms with Crippen molar-refractivity contribution in [2.75, 3.05) is 0 Å². The molecule has 0 bridgehead atoms. The van der Waals surface area contributed by atoms with Crippen LogP contribution in [0.2, 0.25) is 0 Å². The minimum atomic E-state index is -0.252. The summed E-state index contributed by atoms with van der Waals surface area (Å²) in [4.78, 5) is 11.8. The van der Waals surface area contributed by atoms with Gasteiger partial charge in [0, 0.05) is 11.0 Å². The van der Waals surface area contributed by atoms with Gasteiger partial charge in [0.25, 0.3) is 0 Å². The maximum absolute atomic E-state index is 11.8. The lowest BCUT2D eigenvalue weighted by molar-refractivity contribution is -0.128. The number of hydrogen-bond donors (Lipinski definition) is 1. The molecule has 0 aromatic rings. The summed E-state index contributed by atoms with van der Waals surface area (Å²) in [6.45, 7) is 14.0. The summed E-state index contributed by atoms with van der Waals surface area (Å²) in [6, 6.07) is -0.0694. The topological polar surface area (TPSA) is 29.1 Å². The maximum atomic E-state index is 11.8. The van der Waals surface area contributed by atoms with E-state index in [-0.39, 0.29) is 30.2 Å². The summed E-state index contributed by atoms with van der Waals surface area (Å²) in [5.41, 5.74) is -0.252. The molecule has 0 spiro atoms. The van der Waals surface area contributed by atoms with Crippen LogP contribution in [-0.4, -0.2) is 17.4 Å². The number of rotatable bonds is 2. The van der Waals surface area contributed by atoms with E-state index < -0.39 is 0 Å². The number of carbonyl (C=O) groups excluding carboxylic acids is 1. The van der Waals surface area contributed by atoms with Gasteiger partial charge in [-0.3, -0.25) is 4.79 Å². The van der Waals surface area contributed by atoms with Crippen molar-refractivity contribution in [3.05, 3.63) is 0 Å². The molecular weight excluding hydrogens is 174 g/mol. The summed E-state index contributed by atoms with van der Waals surface area (Å²) in [5, 5.41) is 3.28. The van der Waals surface area contributed by atoms with Crippen molar-refractivity contribution in [3.8, 4) is 0 Å². The smallest absolute Gasteiger partial charge is 0.154 e. The van der Waals surface area contributed by atoms with E-state index in [0.29, 0.717) is 0 Å². The van der Waals surface area contributed by atoms with Crippen LogP contribution >= 0.6 is 0 Å². The normalized spacial score (nSPS) is 14.5. The van der Waals surface area contributed by atoms with Gasteiger partial charge in [-0.05, 0) is 27.7 Å². The van der Waals surface area contributed by atoms with E-state index in [1.807, 2.05) is 27.7 Å². The Morgan fingerprint density at radius 2 is 1.43 bits per heavy atom. The highest BCUT2D eigenvalue weighted by Crippen LogP contribution is 2.17. The van der Waals surface area contributed by atoms with Crippen molar-refractivity contribution in [2.24, 2.45) is 5.41 Å². The fourth-order valence-corrected chi connectivity index (χ4v) is 1.36. The second-order valence-electron chi connectivity index (χ2n) is 5.73. The Morgan fingerprint density at radius 3 is 1.64 bits per heavy atom. The summed E-state index contributed by atoms with van der Waals surface area (Å²) < 4.78 is 0. The van der Waals surface area contributed by atoms with E-state index in [1.54, 1.807) is 0 Å². The minimum absolute atomic E-state index is 0. The van der Waals surface area contributed by atoms with Gasteiger partial charge < -0.3 is 5.32 Å².